The Balaban J connectivity index is 2.11. The molecule has 1 fully saturated rings. The van der Waals surface area contributed by atoms with Crippen LogP contribution in [0.3, 0.4) is 0 Å². The summed E-state index contributed by atoms with van der Waals surface area (Å²) in [5.74, 6) is 0.296. The molecule has 3 rings (SSSR count). The highest BCUT2D eigenvalue weighted by Crippen LogP contribution is 2.28. The van der Waals surface area contributed by atoms with Crippen LogP contribution in [0.4, 0.5) is 10.2 Å². The zero-order valence-electron chi connectivity index (χ0n) is 10.6. The van der Waals surface area contributed by atoms with Crippen LogP contribution < -0.4 is 4.90 Å². The maximum absolute atomic E-state index is 14.0. The quantitative estimate of drug-likeness (QED) is 0.750. The van der Waals surface area contributed by atoms with Crippen molar-refractivity contribution < 1.29 is 4.39 Å². The maximum Gasteiger partial charge on any atom is 0.224 e. The highest BCUT2D eigenvalue weighted by molar-refractivity contribution is 6.28. The first kappa shape index (κ1) is 12.6. The van der Waals surface area contributed by atoms with Gasteiger partial charge in [0, 0.05) is 26.2 Å². The minimum absolute atomic E-state index is 0.159. The van der Waals surface area contributed by atoms with E-state index in [9.17, 15) is 4.39 Å². The minimum atomic E-state index is -0.303. The fourth-order valence-electron chi connectivity index (χ4n) is 2.34. The molecule has 1 aromatic heterocycles. The first-order valence-corrected chi connectivity index (χ1v) is 6.58. The predicted molar refractivity (Wildman–Crippen MR) is 74.2 cm³/mol. The number of halogens is 2. The molecule has 2 heterocycles. The van der Waals surface area contributed by atoms with E-state index in [2.05, 4.69) is 26.8 Å². The van der Waals surface area contributed by atoms with E-state index in [0.717, 1.165) is 26.2 Å². The highest BCUT2D eigenvalue weighted by Gasteiger charge is 2.20. The number of fused-ring (bicyclic) bond motifs is 1. The Kier molecular flexibility index (Phi) is 3.24. The second-order valence-corrected chi connectivity index (χ2v) is 5.08. The van der Waals surface area contributed by atoms with E-state index in [-0.39, 0.29) is 11.1 Å². The van der Waals surface area contributed by atoms with E-state index in [4.69, 9.17) is 11.6 Å². The van der Waals surface area contributed by atoms with Gasteiger partial charge in [-0.15, -0.1) is 0 Å². The summed E-state index contributed by atoms with van der Waals surface area (Å²) in [6.07, 6.45) is 0. The number of hydrogen-bond donors (Lipinski definition) is 0. The summed E-state index contributed by atoms with van der Waals surface area (Å²) in [7, 11) is 2.07. The van der Waals surface area contributed by atoms with Gasteiger partial charge in [-0.2, -0.15) is 4.98 Å². The van der Waals surface area contributed by atoms with E-state index in [1.165, 1.54) is 6.07 Å². The second kappa shape index (κ2) is 4.90. The first-order chi connectivity index (χ1) is 9.15. The van der Waals surface area contributed by atoms with E-state index < -0.39 is 0 Å². The molecule has 1 aliphatic heterocycles. The van der Waals surface area contributed by atoms with E-state index in [1.54, 1.807) is 12.1 Å². The van der Waals surface area contributed by atoms with Gasteiger partial charge in [0.05, 0.1) is 10.9 Å². The Bertz CT molecular complexity index is 611. The van der Waals surface area contributed by atoms with Crippen molar-refractivity contribution in [2.24, 2.45) is 0 Å². The molecule has 0 bridgehead atoms. The van der Waals surface area contributed by atoms with Crippen LogP contribution in [0.2, 0.25) is 5.28 Å². The molecule has 0 unspecified atom stereocenters. The molecule has 100 valence electrons. The summed E-state index contributed by atoms with van der Waals surface area (Å²) in [6, 6.07) is 4.82. The van der Waals surface area contributed by atoms with Gasteiger partial charge >= 0.3 is 0 Å². The molecule has 1 aromatic carbocycles. The summed E-state index contributed by atoms with van der Waals surface area (Å²) >= 11 is 5.94. The molecular weight excluding hydrogens is 267 g/mol. The van der Waals surface area contributed by atoms with Gasteiger partial charge in [-0.25, -0.2) is 9.37 Å². The number of anilines is 1. The van der Waals surface area contributed by atoms with Gasteiger partial charge in [-0.1, -0.05) is 6.07 Å². The van der Waals surface area contributed by atoms with Crippen molar-refractivity contribution in [2.45, 2.75) is 0 Å². The highest BCUT2D eigenvalue weighted by atomic mass is 35.5. The molecule has 1 aliphatic rings. The van der Waals surface area contributed by atoms with E-state index in [0.29, 0.717) is 16.7 Å². The number of likely N-dealkylation sites (N-methyl/N-ethyl adjacent to an activating group) is 1. The number of hydrogen-bond acceptors (Lipinski definition) is 4. The molecule has 0 radical (unpaired) electrons. The Morgan fingerprint density at radius 3 is 2.63 bits per heavy atom. The first-order valence-electron chi connectivity index (χ1n) is 6.20. The third kappa shape index (κ3) is 2.35. The van der Waals surface area contributed by atoms with Gasteiger partial charge in [0.25, 0.3) is 0 Å². The lowest BCUT2D eigenvalue weighted by Crippen LogP contribution is -2.45. The lowest BCUT2D eigenvalue weighted by atomic mass is 10.2. The molecule has 0 amide bonds. The van der Waals surface area contributed by atoms with E-state index >= 15 is 0 Å². The fourth-order valence-corrected chi connectivity index (χ4v) is 2.51. The van der Waals surface area contributed by atoms with Crippen LogP contribution in [0.1, 0.15) is 0 Å². The van der Waals surface area contributed by atoms with Gasteiger partial charge in [-0.05, 0) is 30.8 Å². The van der Waals surface area contributed by atoms with Crippen LogP contribution in [-0.2, 0) is 0 Å². The molecule has 0 saturated carbocycles. The summed E-state index contributed by atoms with van der Waals surface area (Å²) in [6.45, 7) is 3.48. The zero-order chi connectivity index (χ0) is 13.4. The van der Waals surface area contributed by atoms with Gasteiger partial charge in [0.15, 0.2) is 0 Å². The average molecular weight is 281 g/mol. The van der Waals surface area contributed by atoms with Gasteiger partial charge in [-0.3, -0.25) is 0 Å². The molecule has 0 atom stereocenters. The number of piperazine rings is 1. The van der Waals surface area contributed by atoms with Crippen molar-refractivity contribution in [3.63, 3.8) is 0 Å². The molecule has 4 nitrogen and oxygen atoms in total. The van der Waals surface area contributed by atoms with Gasteiger partial charge in [0.1, 0.15) is 11.6 Å². The van der Waals surface area contributed by atoms with Crippen molar-refractivity contribution in [3.8, 4) is 0 Å². The molecule has 19 heavy (non-hydrogen) atoms. The Labute approximate surface area is 115 Å². The monoisotopic (exact) mass is 280 g/mol. The summed E-state index contributed by atoms with van der Waals surface area (Å²) < 4.78 is 14.0. The van der Waals surface area contributed by atoms with Crippen molar-refractivity contribution >= 4 is 28.3 Å². The topological polar surface area (TPSA) is 32.3 Å². The standard InChI is InChI=1S/C13H14ClFN4/c1-18-5-7-19(8-6-18)12-11-9(15)3-2-4-10(11)16-13(14)17-12/h2-4H,5-8H2,1H3. The van der Waals surface area contributed by atoms with Crippen LogP contribution in [0.25, 0.3) is 10.9 Å². The van der Waals surface area contributed by atoms with Gasteiger partial charge in [0.2, 0.25) is 5.28 Å². The zero-order valence-corrected chi connectivity index (χ0v) is 11.4. The Morgan fingerprint density at radius 1 is 1.16 bits per heavy atom. The Morgan fingerprint density at radius 2 is 1.89 bits per heavy atom. The molecule has 6 heteroatoms. The smallest absolute Gasteiger partial charge is 0.224 e. The molecule has 1 saturated heterocycles. The van der Waals surface area contributed by atoms with Crippen LogP contribution in [0.15, 0.2) is 18.2 Å². The number of benzene rings is 1. The van der Waals surface area contributed by atoms with Crippen molar-refractivity contribution in [1.82, 2.24) is 14.9 Å². The third-order valence-corrected chi connectivity index (χ3v) is 3.60. The summed E-state index contributed by atoms with van der Waals surface area (Å²) in [5, 5.41) is 0.614. The molecule has 0 aliphatic carbocycles. The SMILES string of the molecule is CN1CCN(c2nc(Cl)nc3cccc(F)c23)CC1. The molecule has 0 spiro atoms. The average Bonchev–Trinajstić information content (AvgIpc) is 2.38. The van der Waals surface area contributed by atoms with Crippen LogP contribution in [0.5, 0.6) is 0 Å². The normalized spacial score (nSPS) is 17.1. The van der Waals surface area contributed by atoms with Crippen LogP contribution in [0, 0.1) is 5.82 Å². The molecule has 0 N–H and O–H groups in total. The third-order valence-electron chi connectivity index (χ3n) is 3.43. The summed E-state index contributed by atoms with van der Waals surface area (Å²) in [5.41, 5.74) is 0.550. The van der Waals surface area contributed by atoms with E-state index in [1.807, 2.05) is 0 Å². The van der Waals surface area contributed by atoms with Crippen LogP contribution in [-0.4, -0.2) is 48.1 Å². The van der Waals surface area contributed by atoms with Crippen molar-refractivity contribution in [2.75, 3.05) is 38.1 Å². The fraction of sp³-hybridized carbons (Fsp3) is 0.385. The largest absolute Gasteiger partial charge is 0.353 e. The molecular formula is C13H14ClFN4. The summed E-state index contributed by atoms with van der Waals surface area (Å²) in [4.78, 5) is 12.6. The van der Waals surface area contributed by atoms with Crippen molar-refractivity contribution in [3.05, 3.63) is 29.3 Å². The Hall–Kier alpha value is -1.46. The van der Waals surface area contributed by atoms with Gasteiger partial charge < -0.3 is 9.80 Å². The minimum Gasteiger partial charge on any atom is -0.353 e. The predicted octanol–water partition coefficient (Wildman–Crippen LogP) is 2.17. The van der Waals surface area contributed by atoms with Crippen LogP contribution >= 0.6 is 11.6 Å². The maximum atomic E-state index is 14.0. The lowest BCUT2D eigenvalue weighted by Gasteiger charge is -2.33. The number of aromatic nitrogens is 2. The van der Waals surface area contributed by atoms with Crippen molar-refractivity contribution in [1.29, 1.82) is 0 Å². The number of rotatable bonds is 1. The number of nitrogens with zero attached hydrogens (tertiary/aromatic N) is 4. The lowest BCUT2D eigenvalue weighted by molar-refractivity contribution is 0.312. The molecule has 2 aromatic rings. The second-order valence-electron chi connectivity index (χ2n) is 4.74.